The van der Waals surface area contributed by atoms with Crippen molar-refractivity contribution >= 4 is 17.0 Å². The number of rotatable bonds is 1. The van der Waals surface area contributed by atoms with E-state index in [4.69, 9.17) is 5.73 Å². The molecule has 94 valence electrons. The highest BCUT2D eigenvalue weighted by Gasteiger charge is 2.14. The molecule has 0 amide bonds. The second-order valence-electron chi connectivity index (χ2n) is 5.17. The first kappa shape index (κ1) is 11.5. The molecule has 0 bridgehead atoms. The summed E-state index contributed by atoms with van der Waals surface area (Å²) in [5.74, 6) is 0. The smallest absolute Gasteiger partial charge is 0.0929 e. The molecule has 1 aliphatic rings. The van der Waals surface area contributed by atoms with E-state index in [1.54, 1.807) is 0 Å². The van der Waals surface area contributed by atoms with Crippen LogP contribution in [0.15, 0.2) is 29.8 Å². The van der Waals surface area contributed by atoms with Crippen molar-refractivity contribution in [2.75, 3.05) is 0 Å². The van der Waals surface area contributed by atoms with Crippen molar-refractivity contribution < 1.29 is 0 Å². The predicted octanol–water partition coefficient (Wildman–Crippen LogP) is 2.86. The average Bonchev–Trinajstić information content (AvgIpc) is 2.70. The fraction of sp³-hybridized carbons (Fsp3) is 0.400. The van der Waals surface area contributed by atoms with Gasteiger partial charge in [0.15, 0.2) is 0 Å². The lowest BCUT2D eigenvalue weighted by molar-refractivity contribution is 0.514. The summed E-state index contributed by atoms with van der Waals surface area (Å²) in [4.78, 5) is 0. The van der Waals surface area contributed by atoms with Crippen molar-refractivity contribution in [1.82, 2.24) is 9.78 Å². The van der Waals surface area contributed by atoms with Crippen LogP contribution in [-0.4, -0.2) is 15.8 Å². The molecular weight excluding hydrogens is 222 g/mol. The number of hydrogen-bond donors (Lipinski definition) is 1. The number of nitrogens with zero attached hydrogens (tertiary/aromatic N) is 2. The zero-order valence-corrected chi connectivity index (χ0v) is 10.8. The van der Waals surface area contributed by atoms with Crippen LogP contribution in [0.2, 0.25) is 0 Å². The number of benzene rings is 1. The third-order valence-corrected chi connectivity index (χ3v) is 3.80. The zero-order chi connectivity index (χ0) is 12.5. The van der Waals surface area contributed by atoms with Crippen molar-refractivity contribution in [3.63, 3.8) is 0 Å². The molecule has 1 aliphatic carbocycles. The molecule has 1 saturated carbocycles. The predicted molar refractivity (Wildman–Crippen MR) is 75.1 cm³/mol. The van der Waals surface area contributed by atoms with E-state index < -0.39 is 0 Å². The molecule has 0 atom stereocenters. The lowest BCUT2D eigenvalue weighted by Gasteiger charge is -2.19. The van der Waals surface area contributed by atoms with Crippen LogP contribution in [0.1, 0.15) is 31.4 Å². The van der Waals surface area contributed by atoms with Crippen molar-refractivity contribution in [2.24, 2.45) is 12.8 Å². The van der Waals surface area contributed by atoms with Gasteiger partial charge in [-0.2, -0.15) is 5.10 Å². The number of nitrogens with two attached hydrogens (primary N) is 1. The van der Waals surface area contributed by atoms with Gasteiger partial charge in [0.25, 0.3) is 0 Å². The second-order valence-corrected chi connectivity index (χ2v) is 5.17. The number of allylic oxidation sites excluding steroid dienone is 1. The Morgan fingerprint density at radius 2 is 2.00 bits per heavy atom. The van der Waals surface area contributed by atoms with Crippen LogP contribution in [0.5, 0.6) is 0 Å². The van der Waals surface area contributed by atoms with Gasteiger partial charge in [-0.1, -0.05) is 23.8 Å². The molecule has 2 aromatic rings. The Morgan fingerprint density at radius 1 is 1.28 bits per heavy atom. The Bertz CT molecular complexity index is 585. The fourth-order valence-electron chi connectivity index (χ4n) is 2.70. The highest BCUT2D eigenvalue weighted by Crippen LogP contribution is 2.26. The van der Waals surface area contributed by atoms with Gasteiger partial charge in [-0.15, -0.1) is 0 Å². The molecule has 1 fully saturated rings. The van der Waals surface area contributed by atoms with Crippen LogP contribution in [0.25, 0.3) is 17.0 Å². The standard InChI is InChI=1S/C15H19N3/c1-18-15-5-3-2-4-13(15)14(17-18)10-11-6-8-12(16)9-7-11/h2-5,10,12H,6-9,16H2,1H3. The lowest BCUT2D eigenvalue weighted by atomic mass is 9.90. The minimum atomic E-state index is 0.391. The summed E-state index contributed by atoms with van der Waals surface area (Å²) in [6.07, 6.45) is 6.71. The van der Waals surface area contributed by atoms with Crippen molar-refractivity contribution in [3.05, 3.63) is 35.5 Å². The van der Waals surface area contributed by atoms with Crippen LogP contribution in [0.3, 0.4) is 0 Å². The van der Waals surface area contributed by atoms with Crippen molar-refractivity contribution in [2.45, 2.75) is 31.7 Å². The van der Waals surface area contributed by atoms with E-state index in [0.29, 0.717) is 6.04 Å². The summed E-state index contributed by atoms with van der Waals surface area (Å²) >= 11 is 0. The largest absolute Gasteiger partial charge is 0.328 e. The zero-order valence-electron chi connectivity index (χ0n) is 10.8. The molecular formula is C15H19N3. The lowest BCUT2D eigenvalue weighted by Crippen LogP contribution is -2.23. The van der Waals surface area contributed by atoms with Crippen LogP contribution in [-0.2, 0) is 7.05 Å². The normalized spacial score (nSPS) is 20.3. The van der Waals surface area contributed by atoms with Crippen LogP contribution < -0.4 is 5.73 Å². The molecule has 0 unspecified atom stereocenters. The molecule has 3 rings (SSSR count). The van der Waals surface area contributed by atoms with E-state index in [9.17, 15) is 0 Å². The van der Waals surface area contributed by atoms with Crippen LogP contribution in [0.4, 0.5) is 0 Å². The summed E-state index contributed by atoms with van der Waals surface area (Å²) in [5, 5.41) is 5.85. The molecule has 0 saturated heterocycles. The summed E-state index contributed by atoms with van der Waals surface area (Å²) < 4.78 is 1.95. The van der Waals surface area contributed by atoms with Gasteiger partial charge in [0.2, 0.25) is 0 Å². The summed E-state index contributed by atoms with van der Waals surface area (Å²) in [6, 6.07) is 8.77. The van der Waals surface area contributed by atoms with Gasteiger partial charge in [-0.05, 0) is 37.8 Å². The summed E-state index contributed by atoms with van der Waals surface area (Å²) in [6.45, 7) is 0. The fourth-order valence-corrected chi connectivity index (χ4v) is 2.70. The van der Waals surface area contributed by atoms with Gasteiger partial charge in [-0.25, -0.2) is 0 Å². The minimum absolute atomic E-state index is 0.391. The Morgan fingerprint density at radius 3 is 2.78 bits per heavy atom. The van der Waals surface area contributed by atoms with Gasteiger partial charge < -0.3 is 5.73 Å². The van der Waals surface area contributed by atoms with Crippen molar-refractivity contribution in [1.29, 1.82) is 0 Å². The highest BCUT2D eigenvalue weighted by molar-refractivity contribution is 5.87. The summed E-state index contributed by atoms with van der Waals surface area (Å²) in [7, 11) is 2.00. The number of hydrogen-bond acceptors (Lipinski definition) is 2. The monoisotopic (exact) mass is 241 g/mol. The van der Waals surface area contributed by atoms with Crippen molar-refractivity contribution in [3.8, 4) is 0 Å². The number of para-hydroxylation sites is 1. The molecule has 2 N–H and O–H groups in total. The number of aromatic nitrogens is 2. The molecule has 0 radical (unpaired) electrons. The molecule has 1 aromatic carbocycles. The second kappa shape index (κ2) is 4.58. The van der Waals surface area contributed by atoms with Gasteiger partial charge >= 0.3 is 0 Å². The highest BCUT2D eigenvalue weighted by atomic mass is 15.3. The van der Waals surface area contributed by atoms with Gasteiger partial charge in [0, 0.05) is 18.5 Å². The SMILES string of the molecule is Cn1nc(C=C2CCC(N)CC2)c2ccccc21. The third-order valence-electron chi connectivity index (χ3n) is 3.80. The topological polar surface area (TPSA) is 43.8 Å². The van der Waals surface area contributed by atoms with E-state index in [1.807, 2.05) is 11.7 Å². The van der Waals surface area contributed by atoms with Crippen LogP contribution in [0, 0.1) is 0 Å². The van der Waals surface area contributed by atoms with E-state index in [0.717, 1.165) is 31.4 Å². The quantitative estimate of drug-likeness (QED) is 0.834. The Kier molecular flexibility index (Phi) is 2.92. The van der Waals surface area contributed by atoms with E-state index >= 15 is 0 Å². The maximum Gasteiger partial charge on any atom is 0.0929 e. The first-order valence-corrected chi connectivity index (χ1v) is 6.61. The molecule has 0 aliphatic heterocycles. The molecule has 0 spiro atoms. The van der Waals surface area contributed by atoms with E-state index in [2.05, 4.69) is 35.4 Å². The van der Waals surface area contributed by atoms with Gasteiger partial charge in [-0.3, -0.25) is 4.68 Å². The maximum absolute atomic E-state index is 5.94. The molecule has 3 heteroatoms. The van der Waals surface area contributed by atoms with E-state index in [1.165, 1.54) is 16.5 Å². The molecule has 1 aromatic heterocycles. The molecule has 18 heavy (non-hydrogen) atoms. The number of aryl methyl sites for hydroxylation is 1. The van der Waals surface area contributed by atoms with Gasteiger partial charge in [0.1, 0.15) is 0 Å². The Balaban J connectivity index is 1.97. The molecule has 1 heterocycles. The average molecular weight is 241 g/mol. The Hall–Kier alpha value is -1.61. The Labute approximate surface area is 107 Å². The van der Waals surface area contributed by atoms with Gasteiger partial charge in [0.05, 0.1) is 11.2 Å². The molecule has 3 nitrogen and oxygen atoms in total. The maximum atomic E-state index is 5.94. The summed E-state index contributed by atoms with van der Waals surface area (Å²) in [5.41, 5.74) is 9.71. The first-order chi connectivity index (χ1) is 8.74. The van der Waals surface area contributed by atoms with E-state index in [-0.39, 0.29) is 0 Å². The number of fused-ring (bicyclic) bond motifs is 1. The third kappa shape index (κ3) is 2.06. The first-order valence-electron chi connectivity index (χ1n) is 6.61. The minimum Gasteiger partial charge on any atom is -0.328 e. The van der Waals surface area contributed by atoms with Crippen LogP contribution >= 0.6 is 0 Å².